The molecule has 2 aromatic carbocycles. The van der Waals surface area contributed by atoms with E-state index in [-0.39, 0.29) is 46.1 Å². The molecule has 1 heterocycles. The fraction of sp³-hybridized carbons (Fsp3) is 0.316. The van der Waals surface area contributed by atoms with Crippen LogP contribution in [-0.2, 0) is 19.6 Å². The zero-order chi connectivity index (χ0) is 21.7. The molecule has 1 N–H and O–H groups in total. The molecule has 0 atom stereocenters. The van der Waals surface area contributed by atoms with E-state index in [1.165, 1.54) is 29.6 Å². The van der Waals surface area contributed by atoms with Gasteiger partial charge in [-0.2, -0.15) is 4.31 Å². The summed E-state index contributed by atoms with van der Waals surface area (Å²) in [6.45, 7) is 0.819. The summed E-state index contributed by atoms with van der Waals surface area (Å²) in [6.07, 6.45) is 0. The van der Waals surface area contributed by atoms with Gasteiger partial charge in [0.05, 0.1) is 41.0 Å². The molecule has 0 radical (unpaired) electrons. The molecule has 30 heavy (non-hydrogen) atoms. The van der Waals surface area contributed by atoms with Crippen molar-refractivity contribution in [2.75, 3.05) is 45.3 Å². The summed E-state index contributed by atoms with van der Waals surface area (Å²) < 4.78 is 42.9. The summed E-state index contributed by atoms with van der Waals surface area (Å²) >= 11 is 12.0. The Kier molecular flexibility index (Phi) is 7.43. The standard InChI is InChI=1S/C19H20Cl2N2O6S/c1-27-17-6-5-13(30(25,26)23-7-9-28-10-8-23)11-16(17)22-18(24)12-29-19-14(20)3-2-4-15(19)21/h2-6,11H,7-10,12H2,1H3,(H,22,24). The molecule has 0 unspecified atom stereocenters. The van der Waals surface area contributed by atoms with Gasteiger partial charge in [-0.3, -0.25) is 4.79 Å². The van der Waals surface area contributed by atoms with E-state index in [2.05, 4.69) is 5.32 Å². The second-order valence-electron chi connectivity index (χ2n) is 6.27. The van der Waals surface area contributed by atoms with Crippen LogP contribution in [0.15, 0.2) is 41.3 Å². The van der Waals surface area contributed by atoms with Crippen molar-refractivity contribution in [3.05, 3.63) is 46.4 Å². The van der Waals surface area contributed by atoms with Crippen LogP contribution >= 0.6 is 23.2 Å². The lowest BCUT2D eigenvalue weighted by Gasteiger charge is -2.26. The predicted molar refractivity (Wildman–Crippen MR) is 113 cm³/mol. The first-order valence-electron chi connectivity index (χ1n) is 8.95. The topological polar surface area (TPSA) is 94.2 Å². The zero-order valence-electron chi connectivity index (χ0n) is 16.1. The number of sulfonamides is 1. The van der Waals surface area contributed by atoms with Crippen LogP contribution in [0.2, 0.25) is 10.0 Å². The number of nitrogens with zero attached hydrogens (tertiary/aromatic N) is 1. The molecule has 11 heteroatoms. The molecule has 162 valence electrons. The van der Waals surface area contributed by atoms with E-state index in [1.54, 1.807) is 18.2 Å². The summed E-state index contributed by atoms with van der Waals surface area (Å²) in [5.74, 6) is -0.0446. The number of rotatable bonds is 7. The number of ether oxygens (including phenoxy) is 3. The third-order valence-electron chi connectivity index (χ3n) is 4.32. The number of para-hydroxylation sites is 1. The Hall–Kier alpha value is -2.04. The van der Waals surface area contributed by atoms with Gasteiger partial charge in [0.25, 0.3) is 5.91 Å². The Morgan fingerprint density at radius 1 is 1.17 bits per heavy atom. The number of carbonyl (C=O) groups excluding carboxylic acids is 1. The molecule has 1 saturated heterocycles. The average Bonchev–Trinajstić information content (AvgIpc) is 2.74. The molecule has 0 saturated carbocycles. The number of benzene rings is 2. The Morgan fingerprint density at radius 3 is 2.47 bits per heavy atom. The highest BCUT2D eigenvalue weighted by atomic mass is 35.5. The van der Waals surface area contributed by atoms with Crippen LogP contribution in [0.25, 0.3) is 0 Å². The average molecular weight is 475 g/mol. The van der Waals surface area contributed by atoms with Gasteiger partial charge in [0, 0.05) is 13.1 Å². The van der Waals surface area contributed by atoms with Crippen molar-refractivity contribution >= 4 is 44.8 Å². The van der Waals surface area contributed by atoms with Crippen molar-refractivity contribution in [1.82, 2.24) is 4.31 Å². The molecule has 0 aliphatic carbocycles. The van der Waals surface area contributed by atoms with Gasteiger partial charge in [0.1, 0.15) is 5.75 Å². The fourth-order valence-electron chi connectivity index (χ4n) is 2.83. The third-order valence-corrected chi connectivity index (χ3v) is 6.81. The Labute approximate surface area is 184 Å². The van der Waals surface area contributed by atoms with Gasteiger partial charge in [-0.15, -0.1) is 0 Å². The van der Waals surface area contributed by atoms with E-state index in [4.69, 9.17) is 37.4 Å². The number of methoxy groups -OCH3 is 1. The molecule has 1 fully saturated rings. The van der Waals surface area contributed by atoms with Gasteiger partial charge in [0.2, 0.25) is 10.0 Å². The van der Waals surface area contributed by atoms with Crippen molar-refractivity contribution in [2.24, 2.45) is 0 Å². The summed E-state index contributed by atoms with van der Waals surface area (Å²) in [5.41, 5.74) is 0.200. The van der Waals surface area contributed by atoms with Crippen molar-refractivity contribution in [1.29, 1.82) is 0 Å². The van der Waals surface area contributed by atoms with Crippen LogP contribution in [0.3, 0.4) is 0 Å². The zero-order valence-corrected chi connectivity index (χ0v) is 18.4. The van der Waals surface area contributed by atoms with Gasteiger partial charge in [-0.1, -0.05) is 29.3 Å². The first-order valence-corrected chi connectivity index (χ1v) is 11.1. The molecule has 8 nitrogen and oxygen atoms in total. The minimum absolute atomic E-state index is 0.0376. The second kappa shape index (κ2) is 9.84. The Balaban J connectivity index is 1.76. The SMILES string of the molecule is COc1ccc(S(=O)(=O)N2CCOCC2)cc1NC(=O)COc1c(Cl)cccc1Cl. The van der Waals surface area contributed by atoms with Crippen molar-refractivity contribution in [3.63, 3.8) is 0 Å². The highest BCUT2D eigenvalue weighted by Gasteiger charge is 2.27. The summed E-state index contributed by atoms with van der Waals surface area (Å²) in [7, 11) is -2.31. The van der Waals surface area contributed by atoms with E-state index in [1.807, 2.05) is 0 Å². The molecular formula is C19H20Cl2N2O6S. The van der Waals surface area contributed by atoms with E-state index < -0.39 is 15.9 Å². The smallest absolute Gasteiger partial charge is 0.262 e. The van der Waals surface area contributed by atoms with Crippen molar-refractivity contribution in [2.45, 2.75) is 4.90 Å². The van der Waals surface area contributed by atoms with Crippen LogP contribution in [-0.4, -0.2) is 58.7 Å². The number of morpholine rings is 1. The van der Waals surface area contributed by atoms with Gasteiger partial charge in [-0.05, 0) is 30.3 Å². The van der Waals surface area contributed by atoms with Crippen LogP contribution in [0.5, 0.6) is 11.5 Å². The first-order chi connectivity index (χ1) is 14.3. The lowest BCUT2D eigenvalue weighted by molar-refractivity contribution is -0.118. The van der Waals surface area contributed by atoms with Crippen molar-refractivity contribution in [3.8, 4) is 11.5 Å². The monoisotopic (exact) mass is 474 g/mol. The second-order valence-corrected chi connectivity index (χ2v) is 9.02. The van der Waals surface area contributed by atoms with E-state index in [0.29, 0.717) is 19.0 Å². The molecule has 0 spiro atoms. The van der Waals surface area contributed by atoms with Gasteiger partial charge < -0.3 is 19.5 Å². The number of anilines is 1. The van der Waals surface area contributed by atoms with E-state index in [9.17, 15) is 13.2 Å². The van der Waals surface area contributed by atoms with Gasteiger partial charge in [0.15, 0.2) is 12.4 Å². The maximum absolute atomic E-state index is 12.9. The predicted octanol–water partition coefficient (Wildman–Crippen LogP) is 3.04. The lowest BCUT2D eigenvalue weighted by Crippen LogP contribution is -2.40. The molecule has 0 aromatic heterocycles. The minimum Gasteiger partial charge on any atom is -0.495 e. The fourth-order valence-corrected chi connectivity index (χ4v) is 4.77. The normalized spacial score (nSPS) is 14.9. The quantitative estimate of drug-likeness (QED) is 0.662. The largest absolute Gasteiger partial charge is 0.495 e. The third kappa shape index (κ3) is 5.16. The molecule has 1 amide bonds. The van der Waals surface area contributed by atoms with Gasteiger partial charge in [-0.25, -0.2) is 8.42 Å². The molecule has 1 aliphatic rings. The maximum Gasteiger partial charge on any atom is 0.262 e. The van der Waals surface area contributed by atoms with E-state index in [0.717, 1.165) is 0 Å². The number of nitrogens with one attached hydrogen (secondary N) is 1. The summed E-state index contributed by atoms with van der Waals surface area (Å²) in [4.78, 5) is 12.4. The first kappa shape index (κ1) is 22.6. The molecule has 2 aromatic rings. The van der Waals surface area contributed by atoms with E-state index >= 15 is 0 Å². The Bertz CT molecular complexity index is 1010. The highest BCUT2D eigenvalue weighted by molar-refractivity contribution is 7.89. The highest BCUT2D eigenvalue weighted by Crippen LogP contribution is 2.33. The van der Waals surface area contributed by atoms with Crippen molar-refractivity contribution < 1.29 is 27.4 Å². The Morgan fingerprint density at radius 2 is 1.83 bits per heavy atom. The minimum atomic E-state index is -3.73. The molecular weight excluding hydrogens is 455 g/mol. The molecule has 1 aliphatic heterocycles. The maximum atomic E-state index is 12.9. The number of halogens is 2. The lowest BCUT2D eigenvalue weighted by atomic mass is 10.3. The summed E-state index contributed by atoms with van der Waals surface area (Å²) in [6, 6.07) is 9.09. The molecule has 3 rings (SSSR count). The number of hydrogen-bond donors (Lipinski definition) is 1. The number of amides is 1. The number of carbonyl (C=O) groups is 1. The summed E-state index contributed by atoms with van der Waals surface area (Å²) in [5, 5.41) is 3.14. The van der Waals surface area contributed by atoms with Crippen LogP contribution in [0, 0.1) is 0 Å². The van der Waals surface area contributed by atoms with Crippen LogP contribution in [0.1, 0.15) is 0 Å². The van der Waals surface area contributed by atoms with Crippen LogP contribution in [0.4, 0.5) is 5.69 Å². The molecule has 0 bridgehead atoms. The van der Waals surface area contributed by atoms with Crippen LogP contribution < -0.4 is 14.8 Å². The number of hydrogen-bond acceptors (Lipinski definition) is 6. The van der Waals surface area contributed by atoms with Gasteiger partial charge >= 0.3 is 0 Å².